The summed E-state index contributed by atoms with van der Waals surface area (Å²) in [7, 11) is 0. The molecule has 0 radical (unpaired) electrons. The molecule has 0 aromatic carbocycles. The summed E-state index contributed by atoms with van der Waals surface area (Å²) < 4.78 is 9.19. The predicted molar refractivity (Wildman–Crippen MR) is 87.0 cm³/mol. The molecule has 20 heavy (non-hydrogen) atoms. The van der Waals surface area contributed by atoms with Crippen molar-refractivity contribution in [3.8, 4) is 0 Å². The van der Waals surface area contributed by atoms with E-state index in [0.717, 1.165) is 30.4 Å². The molecule has 0 saturated heterocycles. The average molecular weight is 346 g/mol. The van der Waals surface area contributed by atoms with Gasteiger partial charge in [-0.25, -0.2) is 0 Å². The summed E-state index contributed by atoms with van der Waals surface area (Å²) in [6, 6.07) is 0.129. The number of rotatable bonds is 9. The van der Waals surface area contributed by atoms with E-state index in [1.807, 2.05) is 10.9 Å². The van der Waals surface area contributed by atoms with Gasteiger partial charge in [0.25, 0.3) is 0 Å². The van der Waals surface area contributed by atoms with Crippen molar-refractivity contribution in [3.63, 3.8) is 0 Å². The number of hydrogen-bond donors (Lipinski definition) is 1. The quantitative estimate of drug-likeness (QED) is 0.737. The van der Waals surface area contributed by atoms with Crippen molar-refractivity contribution in [2.45, 2.75) is 65.6 Å². The highest BCUT2D eigenvalue weighted by molar-refractivity contribution is 9.10. The fourth-order valence-corrected chi connectivity index (χ4v) is 3.05. The summed E-state index contributed by atoms with van der Waals surface area (Å²) in [5, 5.41) is 8.09. The molecular weight excluding hydrogens is 318 g/mol. The Labute approximate surface area is 131 Å². The minimum Gasteiger partial charge on any atom is -0.374 e. The van der Waals surface area contributed by atoms with E-state index in [2.05, 4.69) is 61.0 Å². The molecule has 1 aromatic rings. The third-order valence-corrected chi connectivity index (χ3v) is 4.40. The van der Waals surface area contributed by atoms with Gasteiger partial charge in [0.05, 0.1) is 28.0 Å². The van der Waals surface area contributed by atoms with Crippen LogP contribution in [0, 0.1) is 0 Å². The molecule has 0 amide bonds. The SMILES string of the molecule is CCCNC(c1c(Br)cnn1CC)C(C)(CC)OCC. The Morgan fingerprint density at radius 3 is 2.60 bits per heavy atom. The number of halogens is 1. The first-order chi connectivity index (χ1) is 9.53. The van der Waals surface area contributed by atoms with Crippen molar-refractivity contribution >= 4 is 15.9 Å². The van der Waals surface area contributed by atoms with Crippen LogP contribution in [0.25, 0.3) is 0 Å². The summed E-state index contributed by atoms with van der Waals surface area (Å²) in [5.74, 6) is 0. The second-order valence-electron chi connectivity index (χ2n) is 5.18. The summed E-state index contributed by atoms with van der Waals surface area (Å²) >= 11 is 3.64. The van der Waals surface area contributed by atoms with Crippen LogP contribution >= 0.6 is 15.9 Å². The molecule has 0 aliphatic carbocycles. The maximum atomic E-state index is 6.09. The van der Waals surface area contributed by atoms with Crippen LogP contribution < -0.4 is 5.32 Å². The van der Waals surface area contributed by atoms with Crippen LogP contribution in [0.4, 0.5) is 0 Å². The van der Waals surface area contributed by atoms with E-state index in [1.54, 1.807) is 0 Å². The monoisotopic (exact) mass is 345 g/mol. The van der Waals surface area contributed by atoms with Crippen molar-refractivity contribution in [3.05, 3.63) is 16.4 Å². The van der Waals surface area contributed by atoms with E-state index in [-0.39, 0.29) is 11.6 Å². The summed E-state index contributed by atoms with van der Waals surface area (Å²) in [4.78, 5) is 0. The highest BCUT2D eigenvalue weighted by Crippen LogP contribution is 2.35. The van der Waals surface area contributed by atoms with Crippen molar-refractivity contribution < 1.29 is 4.74 Å². The van der Waals surface area contributed by atoms with Gasteiger partial charge in [0.15, 0.2) is 0 Å². The molecule has 0 aliphatic heterocycles. The van der Waals surface area contributed by atoms with Crippen LogP contribution in [0.5, 0.6) is 0 Å². The van der Waals surface area contributed by atoms with Crippen LogP contribution in [-0.4, -0.2) is 28.5 Å². The molecule has 1 rings (SSSR count). The molecule has 0 aliphatic rings. The minimum atomic E-state index is -0.237. The Balaban J connectivity index is 3.19. The highest BCUT2D eigenvalue weighted by Gasteiger charge is 2.37. The van der Waals surface area contributed by atoms with Crippen molar-refractivity contribution in [2.75, 3.05) is 13.2 Å². The van der Waals surface area contributed by atoms with Gasteiger partial charge >= 0.3 is 0 Å². The molecule has 0 fully saturated rings. The molecule has 0 saturated carbocycles. The van der Waals surface area contributed by atoms with Gasteiger partial charge in [-0.1, -0.05) is 13.8 Å². The molecule has 5 heteroatoms. The number of aryl methyl sites for hydroxylation is 1. The zero-order valence-electron chi connectivity index (χ0n) is 13.4. The first-order valence-corrected chi connectivity index (χ1v) is 8.41. The van der Waals surface area contributed by atoms with Crippen LogP contribution in [0.1, 0.15) is 59.2 Å². The maximum absolute atomic E-state index is 6.09. The van der Waals surface area contributed by atoms with E-state index in [9.17, 15) is 0 Å². The molecule has 0 spiro atoms. The van der Waals surface area contributed by atoms with Crippen LogP contribution in [0.3, 0.4) is 0 Å². The summed E-state index contributed by atoms with van der Waals surface area (Å²) in [5.41, 5.74) is 0.943. The molecule has 0 bridgehead atoms. The highest BCUT2D eigenvalue weighted by atomic mass is 79.9. The second kappa shape index (κ2) is 8.15. The Kier molecular flexibility index (Phi) is 7.20. The smallest absolute Gasteiger partial charge is 0.0861 e. The van der Waals surface area contributed by atoms with Gasteiger partial charge in [-0.15, -0.1) is 0 Å². The number of nitrogens with one attached hydrogen (secondary N) is 1. The van der Waals surface area contributed by atoms with Gasteiger partial charge in [-0.05, 0) is 56.1 Å². The number of ether oxygens (including phenoxy) is 1. The Bertz CT molecular complexity index is 408. The van der Waals surface area contributed by atoms with Gasteiger partial charge in [-0.2, -0.15) is 5.10 Å². The first-order valence-electron chi connectivity index (χ1n) is 7.62. The van der Waals surface area contributed by atoms with Crippen molar-refractivity contribution in [1.29, 1.82) is 0 Å². The lowest BCUT2D eigenvalue weighted by Gasteiger charge is -2.38. The van der Waals surface area contributed by atoms with Crippen molar-refractivity contribution in [2.24, 2.45) is 0 Å². The lowest BCUT2D eigenvalue weighted by molar-refractivity contribution is -0.0583. The normalized spacial score (nSPS) is 16.1. The number of hydrogen-bond acceptors (Lipinski definition) is 3. The topological polar surface area (TPSA) is 39.1 Å². The Morgan fingerprint density at radius 2 is 2.10 bits per heavy atom. The maximum Gasteiger partial charge on any atom is 0.0861 e. The molecule has 2 unspecified atom stereocenters. The molecule has 1 heterocycles. The molecular formula is C15H28BrN3O. The zero-order chi connectivity index (χ0) is 15.2. The predicted octanol–water partition coefficient (Wildman–Crippen LogP) is 3.91. The summed E-state index contributed by atoms with van der Waals surface area (Å²) in [6.45, 7) is 13.2. The van der Waals surface area contributed by atoms with E-state index in [1.165, 1.54) is 5.69 Å². The zero-order valence-corrected chi connectivity index (χ0v) is 15.0. The van der Waals surface area contributed by atoms with E-state index >= 15 is 0 Å². The minimum absolute atomic E-state index is 0.129. The van der Waals surface area contributed by atoms with Crippen LogP contribution in [-0.2, 0) is 11.3 Å². The lowest BCUT2D eigenvalue weighted by atomic mass is 9.90. The van der Waals surface area contributed by atoms with Gasteiger partial charge in [0, 0.05) is 13.2 Å². The molecule has 116 valence electrons. The van der Waals surface area contributed by atoms with Crippen LogP contribution in [0.15, 0.2) is 10.7 Å². The molecule has 1 N–H and O–H groups in total. The Morgan fingerprint density at radius 1 is 1.40 bits per heavy atom. The van der Waals surface area contributed by atoms with E-state index in [4.69, 9.17) is 4.74 Å². The fourth-order valence-electron chi connectivity index (χ4n) is 2.52. The van der Waals surface area contributed by atoms with Gasteiger partial charge in [0.2, 0.25) is 0 Å². The molecule has 2 atom stereocenters. The lowest BCUT2D eigenvalue weighted by Crippen LogP contribution is -2.45. The number of nitrogens with zero attached hydrogens (tertiary/aromatic N) is 2. The first kappa shape index (κ1) is 17.7. The summed E-state index contributed by atoms with van der Waals surface area (Å²) in [6.07, 6.45) is 3.92. The van der Waals surface area contributed by atoms with E-state index in [0.29, 0.717) is 6.61 Å². The van der Waals surface area contributed by atoms with Crippen LogP contribution in [0.2, 0.25) is 0 Å². The standard InChI is InChI=1S/C15H28BrN3O/c1-6-10-17-14(15(5,7-2)20-9-4)13-12(16)11-18-19(13)8-3/h11,14,17H,6-10H2,1-5H3. The number of aromatic nitrogens is 2. The van der Waals surface area contributed by atoms with Crippen molar-refractivity contribution in [1.82, 2.24) is 15.1 Å². The second-order valence-corrected chi connectivity index (χ2v) is 6.03. The molecule has 4 nitrogen and oxygen atoms in total. The van der Waals surface area contributed by atoms with Gasteiger partial charge < -0.3 is 10.1 Å². The molecule has 1 aromatic heterocycles. The Hall–Kier alpha value is -0.390. The van der Waals surface area contributed by atoms with E-state index < -0.39 is 0 Å². The van der Waals surface area contributed by atoms with Gasteiger partial charge in [0.1, 0.15) is 0 Å². The third kappa shape index (κ3) is 3.83. The largest absolute Gasteiger partial charge is 0.374 e. The fraction of sp³-hybridized carbons (Fsp3) is 0.800. The van der Waals surface area contributed by atoms with Gasteiger partial charge in [-0.3, -0.25) is 4.68 Å². The third-order valence-electron chi connectivity index (χ3n) is 3.79. The average Bonchev–Trinajstić information content (AvgIpc) is 2.81.